The lowest BCUT2D eigenvalue weighted by molar-refractivity contribution is -0.142. The Bertz CT molecular complexity index is 922. The number of aliphatic carboxylic acids is 2. The van der Waals surface area contributed by atoms with Crippen molar-refractivity contribution < 1.29 is 57.9 Å². The molecule has 16 heteroatoms. The van der Waals surface area contributed by atoms with Gasteiger partial charge in [0.05, 0.1) is 39.6 Å². The van der Waals surface area contributed by atoms with Gasteiger partial charge < -0.3 is 50.8 Å². The van der Waals surface area contributed by atoms with Crippen LogP contribution in [0.15, 0.2) is 0 Å². The van der Waals surface area contributed by atoms with Crippen LogP contribution in [0.5, 0.6) is 0 Å². The quantitative estimate of drug-likeness (QED) is 0.0511. The molecule has 0 aromatic carbocycles. The molecular formula is C33H60N4O12. The molecule has 0 rings (SSSR count). The second-order valence-corrected chi connectivity index (χ2v) is 11.6. The summed E-state index contributed by atoms with van der Waals surface area (Å²) in [6, 6.07) is -1.14. The lowest BCUT2D eigenvalue weighted by Gasteiger charge is -2.14. The molecule has 0 aliphatic heterocycles. The second kappa shape index (κ2) is 33.2. The summed E-state index contributed by atoms with van der Waals surface area (Å²) in [5.41, 5.74) is 4.93. The number of primary amides is 1. The topological polar surface area (TPSA) is 242 Å². The summed E-state index contributed by atoms with van der Waals surface area (Å²) in [6.07, 6.45) is 12.8. The van der Waals surface area contributed by atoms with E-state index in [0.29, 0.717) is 13.0 Å². The maximum absolute atomic E-state index is 12.2. The van der Waals surface area contributed by atoms with Gasteiger partial charge in [-0.1, -0.05) is 64.2 Å². The lowest BCUT2D eigenvalue weighted by Crippen LogP contribution is -2.41. The second-order valence-electron chi connectivity index (χ2n) is 11.6. The van der Waals surface area contributed by atoms with Crippen LogP contribution in [0, 0.1) is 0 Å². The number of rotatable bonds is 36. The van der Waals surface area contributed by atoms with Gasteiger partial charge in [-0.05, 0) is 19.3 Å². The third-order valence-corrected chi connectivity index (χ3v) is 7.20. The van der Waals surface area contributed by atoms with E-state index >= 15 is 0 Å². The van der Waals surface area contributed by atoms with Gasteiger partial charge in [-0.2, -0.15) is 0 Å². The molecule has 0 aromatic rings. The van der Waals surface area contributed by atoms with Gasteiger partial charge in [-0.25, -0.2) is 4.79 Å². The van der Waals surface area contributed by atoms with E-state index in [1.165, 1.54) is 19.3 Å². The summed E-state index contributed by atoms with van der Waals surface area (Å²) in [4.78, 5) is 68.6. The summed E-state index contributed by atoms with van der Waals surface area (Å²) in [5.74, 6) is -3.47. The van der Waals surface area contributed by atoms with Crippen LogP contribution in [0.4, 0.5) is 0 Å². The van der Waals surface area contributed by atoms with E-state index in [1.807, 2.05) is 0 Å². The van der Waals surface area contributed by atoms with Gasteiger partial charge >= 0.3 is 11.9 Å². The molecule has 0 aliphatic rings. The SMILES string of the molecule is NC(=O)COCCOCCNC(=O)COCCOCCNC(=O)CC[C@H](NC(=O)CCCCCCCCCCCCCCC(=O)O)C(=O)O. The van der Waals surface area contributed by atoms with E-state index in [0.717, 1.165) is 51.4 Å². The molecule has 0 aliphatic carbocycles. The van der Waals surface area contributed by atoms with Gasteiger partial charge in [-0.15, -0.1) is 0 Å². The van der Waals surface area contributed by atoms with Crippen molar-refractivity contribution >= 4 is 35.6 Å². The zero-order valence-corrected chi connectivity index (χ0v) is 29.0. The standard InChI is InChI=1S/C33H60N4O12/c34-28(38)25-48-23-21-47-20-18-36-31(41)26-49-24-22-46-19-17-35-29(39)16-15-27(33(44)45)37-30(40)13-11-9-7-5-3-1-2-4-6-8-10-12-14-32(42)43/h27H,1-26H2,(H2,34,38)(H,35,39)(H,36,41)(H,37,40)(H,42,43)(H,44,45)/t27-/m0/s1. The number of carboxylic acid groups (broad SMARTS) is 2. The molecule has 7 N–H and O–H groups in total. The van der Waals surface area contributed by atoms with E-state index in [4.69, 9.17) is 29.8 Å². The molecule has 0 saturated heterocycles. The van der Waals surface area contributed by atoms with Crippen LogP contribution < -0.4 is 21.7 Å². The molecule has 0 spiro atoms. The van der Waals surface area contributed by atoms with Gasteiger partial charge in [0.15, 0.2) is 0 Å². The molecule has 16 nitrogen and oxygen atoms in total. The first-order valence-corrected chi connectivity index (χ1v) is 17.5. The molecule has 1 atom stereocenters. The fraction of sp³-hybridized carbons (Fsp3) is 0.818. The lowest BCUT2D eigenvalue weighted by atomic mass is 10.0. The number of nitrogens with two attached hydrogens (primary N) is 1. The molecule has 4 amide bonds. The predicted molar refractivity (Wildman–Crippen MR) is 180 cm³/mol. The smallest absolute Gasteiger partial charge is 0.326 e. The summed E-state index contributed by atoms with van der Waals surface area (Å²) >= 11 is 0. The van der Waals surface area contributed by atoms with Gasteiger partial charge in [0.25, 0.3) is 0 Å². The molecule has 0 aromatic heterocycles. The number of ether oxygens (including phenoxy) is 4. The minimum absolute atomic E-state index is 0.0243. The molecular weight excluding hydrogens is 644 g/mol. The molecule has 49 heavy (non-hydrogen) atoms. The maximum Gasteiger partial charge on any atom is 0.326 e. The number of unbranched alkanes of at least 4 members (excludes halogenated alkanes) is 11. The largest absolute Gasteiger partial charge is 0.481 e. The van der Waals surface area contributed by atoms with Crippen LogP contribution in [-0.2, 0) is 47.7 Å². The van der Waals surface area contributed by atoms with Crippen molar-refractivity contribution in [2.45, 2.75) is 109 Å². The number of hydrogen-bond acceptors (Lipinski definition) is 10. The first kappa shape index (κ1) is 45.7. The predicted octanol–water partition coefficient (Wildman–Crippen LogP) is 1.67. The minimum atomic E-state index is -1.18. The highest BCUT2D eigenvalue weighted by atomic mass is 16.5. The minimum Gasteiger partial charge on any atom is -0.481 e. The Hall–Kier alpha value is -3.34. The number of hydrogen-bond donors (Lipinski definition) is 6. The van der Waals surface area contributed by atoms with Crippen molar-refractivity contribution in [3.05, 3.63) is 0 Å². The number of carbonyl (C=O) groups is 6. The number of nitrogens with one attached hydrogen (secondary N) is 3. The molecule has 0 fully saturated rings. The summed E-state index contributed by atoms with van der Waals surface area (Å²) in [6.45, 7) is 1.55. The van der Waals surface area contributed by atoms with E-state index in [-0.39, 0.29) is 103 Å². The maximum atomic E-state index is 12.2. The van der Waals surface area contributed by atoms with Crippen LogP contribution in [0.1, 0.15) is 103 Å². The number of carboxylic acids is 2. The Morgan fingerprint density at radius 1 is 0.510 bits per heavy atom. The van der Waals surface area contributed by atoms with E-state index in [1.54, 1.807) is 0 Å². The number of amides is 4. The van der Waals surface area contributed by atoms with Crippen molar-refractivity contribution in [3.63, 3.8) is 0 Å². The Morgan fingerprint density at radius 2 is 0.959 bits per heavy atom. The van der Waals surface area contributed by atoms with Gasteiger partial charge in [0.2, 0.25) is 23.6 Å². The third-order valence-electron chi connectivity index (χ3n) is 7.20. The summed E-state index contributed by atoms with van der Waals surface area (Å²) in [7, 11) is 0. The fourth-order valence-electron chi connectivity index (χ4n) is 4.57. The zero-order chi connectivity index (χ0) is 36.4. The van der Waals surface area contributed by atoms with Crippen LogP contribution in [0.25, 0.3) is 0 Å². The monoisotopic (exact) mass is 704 g/mol. The molecule has 0 heterocycles. The van der Waals surface area contributed by atoms with Crippen molar-refractivity contribution in [1.29, 1.82) is 0 Å². The van der Waals surface area contributed by atoms with Crippen molar-refractivity contribution in [2.24, 2.45) is 5.73 Å². The zero-order valence-electron chi connectivity index (χ0n) is 29.0. The Labute approximate surface area is 289 Å². The van der Waals surface area contributed by atoms with E-state index < -0.39 is 23.9 Å². The molecule has 0 unspecified atom stereocenters. The first-order chi connectivity index (χ1) is 23.6. The average molecular weight is 705 g/mol. The van der Waals surface area contributed by atoms with E-state index in [9.17, 15) is 33.9 Å². The van der Waals surface area contributed by atoms with Crippen molar-refractivity contribution in [2.75, 3.05) is 65.9 Å². The molecule has 0 saturated carbocycles. The highest BCUT2D eigenvalue weighted by Crippen LogP contribution is 2.13. The van der Waals surface area contributed by atoms with E-state index in [2.05, 4.69) is 16.0 Å². The third kappa shape index (κ3) is 34.3. The van der Waals surface area contributed by atoms with Crippen LogP contribution in [0.3, 0.4) is 0 Å². The molecule has 0 radical (unpaired) electrons. The molecule has 284 valence electrons. The average Bonchev–Trinajstić information content (AvgIpc) is 3.05. The molecule has 0 bridgehead atoms. The highest BCUT2D eigenvalue weighted by molar-refractivity contribution is 5.84. The Balaban J connectivity index is 3.68. The highest BCUT2D eigenvalue weighted by Gasteiger charge is 2.20. The Kier molecular flexibility index (Phi) is 30.9. The summed E-state index contributed by atoms with van der Waals surface area (Å²) < 4.78 is 20.7. The summed E-state index contributed by atoms with van der Waals surface area (Å²) in [5, 5.41) is 25.8. The van der Waals surface area contributed by atoms with Gasteiger partial charge in [-0.3, -0.25) is 24.0 Å². The van der Waals surface area contributed by atoms with Gasteiger partial charge in [0, 0.05) is 32.4 Å². The van der Waals surface area contributed by atoms with Crippen LogP contribution in [0.2, 0.25) is 0 Å². The fourth-order valence-corrected chi connectivity index (χ4v) is 4.57. The van der Waals surface area contributed by atoms with Crippen molar-refractivity contribution in [1.82, 2.24) is 16.0 Å². The van der Waals surface area contributed by atoms with Crippen LogP contribution >= 0.6 is 0 Å². The first-order valence-electron chi connectivity index (χ1n) is 17.5. The van der Waals surface area contributed by atoms with Crippen molar-refractivity contribution in [3.8, 4) is 0 Å². The number of carbonyl (C=O) groups excluding carboxylic acids is 4. The normalized spacial score (nSPS) is 11.5. The van der Waals surface area contributed by atoms with Gasteiger partial charge in [0.1, 0.15) is 19.3 Å². The van der Waals surface area contributed by atoms with Crippen LogP contribution in [-0.4, -0.2) is 118 Å². The Morgan fingerprint density at radius 3 is 1.45 bits per heavy atom.